The Morgan fingerprint density at radius 1 is 0.826 bits per heavy atom. The fraction of sp³-hybridized carbons (Fsp3) is 0. The third-order valence-corrected chi connectivity index (χ3v) is 7.16. The number of thiophene rings is 1. The van der Waals surface area contributed by atoms with Crippen LogP contribution < -0.4 is 0 Å². The van der Waals surface area contributed by atoms with Gasteiger partial charge in [0.25, 0.3) is 0 Å². The second-order valence-electron chi connectivity index (χ2n) is 5.06. The minimum atomic E-state index is -3.56. The quantitative estimate of drug-likeness (QED) is 0.527. The fourth-order valence-electron chi connectivity index (χ4n) is 2.53. The van der Waals surface area contributed by atoms with Crippen molar-refractivity contribution in [3.05, 3.63) is 73.0 Å². The Morgan fingerprint density at radius 3 is 2.17 bits per heavy atom. The monoisotopic (exact) mass is 340 g/mol. The number of benzene rings is 2. The van der Waals surface area contributed by atoms with Crippen LogP contribution in [0.15, 0.2) is 86.5 Å². The van der Waals surface area contributed by atoms with E-state index in [0.717, 1.165) is 10.4 Å². The molecule has 0 N–H and O–H groups in total. The van der Waals surface area contributed by atoms with Crippen LogP contribution in [-0.4, -0.2) is 8.42 Å². The van der Waals surface area contributed by atoms with Gasteiger partial charge in [-0.25, -0.2) is 8.42 Å². The summed E-state index contributed by atoms with van der Waals surface area (Å²) in [6.45, 7) is 0. The molecule has 4 rings (SSSR count). The lowest BCUT2D eigenvalue weighted by Crippen LogP contribution is -1.99. The van der Waals surface area contributed by atoms with Crippen molar-refractivity contribution in [3.8, 4) is 10.4 Å². The van der Waals surface area contributed by atoms with Crippen LogP contribution in [-0.2, 0) is 9.84 Å². The van der Waals surface area contributed by atoms with Gasteiger partial charge in [-0.15, -0.1) is 11.3 Å². The summed E-state index contributed by atoms with van der Waals surface area (Å²) in [5, 5.41) is 0.637. The first-order valence-corrected chi connectivity index (χ1v) is 9.33. The molecule has 2 aromatic carbocycles. The van der Waals surface area contributed by atoms with E-state index >= 15 is 0 Å². The van der Waals surface area contributed by atoms with E-state index in [1.165, 1.54) is 17.6 Å². The number of hydrogen-bond acceptors (Lipinski definition) is 4. The van der Waals surface area contributed by atoms with Gasteiger partial charge in [0, 0.05) is 0 Å². The summed E-state index contributed by atoms with van der Waals surface area (Å²) in [6, 6.07) is 19.9. The van der Waals surface area contributed by atoms with Crippen molar-refractivity contribution in [2.75, 3.05) is 0 Å². The lowest BCUT2D eigenvalue weighted by atomic mass is 10.2. The lowest BCUT2D eigenvalue weighted by Gasteiger charge is -2.01. The molecular formula is C18H12O3S2. The zero-order valence-electron chi connectivity index (χ0n) is 12.0. The van der Waals surface area contributed by atoms with E-state index in [-0.39, 0.29) is 0 Å². The molecule has 3 nitrogen and oxygen atoms in total. The molecule has 0 spiro atoms. The molecule has 2 aromatic heterocycles. The minimum absolute atomic E-state index is 0.295. The summed E-state index contributed by atoms with van der Waals surface area (Å²) in [5.74, 6) is 0. The number of rotatable bonds is 3. The SMILES string of the molecule is O=S(=O)(c1ccccc1)c1sc(-c2ccccc2)c2occc12. The first-order valence-electron chi connectivity index (χ1n) is 7.03. The standard InChI is InChI=1S/C18H12O3S2/c19-23(20,14-9-5-2-6-10-14)18-15-11-12-21-16(15)17(22-18)13-7-3-1-4-8-13/h1-12H. The zero-order chi connectivity index (χ0) is 15.9. The largest absolute Gasteiger partial charge is 0.463 e. The molecule has 5 heteroatoms. The Morgan fingerprint density at radius 2 is 1.48 bits per heavy atom. The van der Waals surface area contributed by atoms with Crippen molar-refractivity contribution in [2.45, 2.75) is 9.10 Å². The Hall–Kier alpha value is -2.37. The van der Waals surface area contributed by atoms with Gasteiger partial charge in [0.1, 0.15) is 4.21 Å². The lowest BCUT2D eigenvalue weighted by molar-refractivity contribution is 0.598. The average molecular weight is 340 g/mol. The Balaban J connectivity index is 1.98. The van der Waals surface area contributed by atoms with E-state index in [1.807, 2.05) is 30.3 Å². The van der Waals surface area contributed by atoms with Gasteiger partial charge in [0.05, 0.1) is 21.4 Å². The predicted molar refractivity (Wildman–Crippen MR) is 91.4 cm³/mol. The molecule has 0 unspecified atom stereocenters. The molecule has 0 aliphatic heterocycles. The van der Waals surface area contributed by atoms with Crippen molar-refractivity contribution in [2.24, 2.45) is 0 Å². The van der Waals surface area contributed by atoms with Crippen LogP contribution in [0.5, 0.6) is 0 Å². The van der Waals surface area contributed by atoms with Crippen LogP contribution in [0.4, 0.5) is 0 Å². The summed E-state index contributed by atoms with van der Waals surface area (Å²) >= 11 is 1.25. The van der Waals surface area contributed by atoms with Crippen LogP contribution in [0, 0.1) is 0 Å². The van der Waals surface area contributed by atoms with Crippen LogP contribution >= 0.6 is 11.3 Å². The highest BCUT2D eigenvalue weighted by atomic mass is 32.2. The van der Waals surface area contributed by atoms with Crippen LogP contribution in [0.1, 0.15) is 0 Å². The maximum absolute atomic E-state index is 13.0. The Kier molecular flexibility index (Phi) is 3.32. The molecule has 114 valence electrons. The smallest absolute Gasteiger partial charge is 0.216 e. The predicted octanol–water partition coefficient (Wildman–Crippen LogP) is 4.99. The van der Waals surface area contributed by atoms with Crippen molar-refractivity contribution >= 4 is 32.1 Å². The van der Waals surface area contributed by atoms with Crippen molar-refractivity contribution < 1.29 is 12.8 Å². The first-order chi connectivity index (χ1) is 11.2. The zero-order valence-corrected chi connectivity index (χ0v) is 13.6. The number of fused-ring (bicyclic) bond motifs is 1. The van der Waals surface area contributed by atoms with Gasteiger partial charge in [-0.2, -0.15) is 0 Å². The van der Waals surface area contributed by atoms with Crippen molar-refractivity contribution in [3.63, 3.8) is 0 Å². The van der Waals surface area contributed by atoms with Crippen molar-refractivity contribution in [1.29, 1.82) is 0 Å². The summed E-state index contributed by atoms with van der Waals surface area (Å²) in [5.41, 5.74) is 1.57. The fourth-order valence-corrected chi connectivity index (χ4v) is 5.64. The summed E-state index contributed by atoms with van der Waals surface area (Å²) in [4.78, 5) is 1.13. The molecule has 0 atom stereocenters. The molecule has 4 aromatic rings. The van der Waals surface area contributed by atoms with Crippen LogP contribution in [0.2, 0.25) is 0 Å². The molecule has 0 saturated carbocycles. The van der Waals surface area contributed by atoms with Crippen LogP contribution in [0.3, 0.4) is 0 Å². The minimum Gasteiger partial charge on any atom is -0.463 e. The summed E-state index contributed by atoms with van der Waals surface area (Å²) in [7, 11) is -3.56. The highest BCUT2D eigenvalue weighted by molar-refractivity contribution is 7.93. The van der Waals surface area contributed by atoms with E-state index in [9.17, 15) is 8.42 Å². The van der Waals surface area contributed by atoms with Gasteiger partial charge < -0.3 is 4.42 Å². The van der Waals surface area contributed by atoms with Crippen molar-refractivity contribution in [1.82, 2.24) is 0 Å². The second kappa shape index (κ2) is 5.37. The maximum atomic E-state index is 13.0. The van der Waals surface area contributed by atoms with E-state index < -0.39 is 9.84 Å². The molecule has 0 amide bonds. The molecule has 0 fully saturated rings. The molecule has 0 aliphatic rings. The molecule has 2 heterocycles. The van der Waals surface area contributed by atoms with E-state index in [4.69, 9.17) is 4.42 Å². The Bertz CT molecular complexity index is 1060. The summed E-state index contributed by atoms with van der Waals surface area (Å²) in [6.07, 6.45) is 1.54. The van der Waals surface area contributed by atoms with Gasteiger partial charge in [0.15, 0.2) is 5.58 Å². The third-order valence-electron chi connectivity index (χ3n) is 3.62. The highest BCUT2D eigenvalue weighted by Crippen LogP contribution is 2.43. The van der Waals surface area contributed by atoms with E-state index in [1.54, 1.807) is 36.4 Å². The number of hydrogen-bond donors (Lipinski definition) is 0. The van der Waals surface area contributed by atoms with Crippen LogP contribution in [0.25, 0.3) is 21.4 Å². The maximum Gasteiger partial charge on any atom is 0.216 e. The third kappa shape index (κ3) is 2.29. The molecule has 0 saturated heterocycles. The van der Waals surface area contributed by atoms with E-state index in [0.29, 0.717) is 20.1 Å². The molecule has 0 aliphatic carbocycles. The highest BCUT2D eigenvalue weighted by Gasteiger charge is 2.26. The van der Waals surface area contributed by atoms with Gasteiger partial charge >= 0.3 is 0 Å². The van der Waals surface area contributed by atoms with Gasteiger partial charge in [0.2, 0.25) is 9.84 Å². The van der Waals surface area contributed by atoms with Gasteiger partial charge in [-0.1, -0.05) is 48.5 Å². The number of sulfone groups is 1. The Labute approximate surface area is 137 Å². The first kappa shape index (κ1) is 14.2. The topological polar surface area (TPSA) is 47.3 Å². The normalized spacial score (nSPS) is 11.8. The molecule has 23 heavy (non-hydrogen) atoms. The molecule has 0 bridgehead atoms. The molecular weight excluding hydrogens is 328 g/mol. The summed E-state index contributed by atoms with van der Waals surface area (Å²) < 4.78 is 31.8. The average Bonchev–Trinajstić information content (AvgIpc) is 3.18. The number of furan rings is 1. The molecule has 0 radical (unpaired) electrons. The van der Waals surface area contributed by atoms with Gasteiger partial charge in [-0.3, -0.25) is 0 Å². The van der Waals surface area contributed by atoms with Gasteiger partial charge in [-0.05, 0) is 23.8 Å². The second-order valence-corrected chi connectivity index (χ2v) is 8.23. The van der Waals surface area contributed by atoms with E-state index in [2.05, 4.69) is 0 Å².